The van der Waals surface area contributed by atoms with Crippen molar-refractivity contribution >= 4 is 5.69 Å². The van der Waals surface area contributed by atoms with Gasteiger partial charge in [-0.15, -0.1) is 0 Å². The van der Waals surface area contributed by atoms with Crippen LogP contribution in [0.25, 0.3) is 0 Å². The van der Waals surface area contributed by atoms with Gasteiger partial charge in [0, 0.05) is 24.8 Å². The molecule has 1 aromatic rings. The van der Waals surface area contributed by atoms with Gasteiger partial charge in [0.15, 0.2) is 0 Å². The highest BCUT2D eigenvalue weighted by Crippen LogP contribution is 2.50. The maximum Gasteiger partial charge on any atom is 0.430 e. The number of aliphatic hydroxyl groups is 2. The molecule has 1 rings (SSSR count). The van der Waals surface area contributed by atoms with Gasteiger partial charge in [0.1, 0.15) is 0 Å². The van der Waals surface area contributed by atoms with Gasteiger partial charge in [0.2, 0.25) is 0 Å². The van der Waals surface area contributed by atoms with Gasteiger partial charge in [0.25, 0.3) is 5.60 Å². The van der Waals surface area contributed by atoms with E-state index in [1.165, 1.54) is 11.9 Å². The number of likely N-dealkylation sites (N-methyl/N-ethyl adjacent to an activating group) is 1. The Morgan fingerprint density at radius 2 is 1.38 bits per heavy atom. The number of hydrogen-bond acceptors (Lipinski definition) is 3. The zero-order chi connectivity index (χ0) is 16.5. The van der Waals surface area contributed by atoms with Crippen molar-refractivity contribution in [1.82, 2.24) is 0 Å². The van der Waals surface area contributed by atoms with Crippen LogP contribution in [0.2, 0.25) is 0 Å². The zero-order valence-electron chi connectivity index (χ0n) is 10.8. The molecule has 0 fully saturated rings. The van der Waals surface area contributed by atoms with E-state index in [9.17, 15) is 31.4 Å². The summed E-state index contributed by atoms with van der Waals surface area (Å²) in [5, 5.41) is 17.9. The van der Waals surface area contributed by atoms with Crippen molar-refractivity contribution in [2.45, 2.75) is 18.0 Å². The molecule has 2 N–H and O–H groups in total. The molecule has 1 aromatic carbocycles. The molecule has 9 heteroatoms. The minimum Gasteiger partial charge on any atom is -0.395 e. The molecule has 0 aliphatic rings. The van der Waals surface area contributed by atoms with Crippen LogP contribution in [0, 0.1) is 0 Å². The first-order chi connectivity index (χ1) is 9.45. The normalized spacial score (nSPS) is 13.4. The van der Waals surface area contributed by atoms with Gasteiger partial charge in [-0.3, -0.25) is 0 Å². The van der Waals surface area contributed by atoms with Crippen molar-refractivity contribution in [1.29, 1.82) is 0 Å². The van der Waals surface area contributed by atoms with Crippen LogP contribution in [0.4, 0.5) is 32.0 Å². The standard InChI is InChI=1S/C12H13F6NO2/c1-19(6-7-20)9-4-2-8(3-5-9)10(21,11(13,14)15)12(16,17)18/h2-5,20-21H,6-7H2,1H3. The number of anilines is 1. The maximum atomic E-state index is 12.7. The van der Waals surface area contributed by atoms with E-state index in [1.807, 2.05) is 0 Å². The van der Waals surface area contributed by atoms with Crippen LogP contribution >= 0.6 is 0 Å². The van der Waals surface area contributed by atoms with Gasteiger partial charge in [-0.05, 0) is 12.1 Å². The van der Waals surface area contributed by atoms with Crippen molar-refractivity contribution in [2.75, 3.05) is 25.1 Å². The van der Waals surface area contributed by atoms with E-state index in [1.54, 1.807) is 0 Å². The quantitative estimate of drug-likeness (QED) is 0.838. The molecule has 0 unspecified atom stereocenters. The van der Waals surface area contributed by atoms with E-state index < -0.39 is 23.5 Å². The number of nitrogens with zero attached hydrogens (tertiary/aromatic N) is 1. The SMILES string of the molecule is CN(CCO)c1ccc(C(O)(C(F)(F)F)C(F)(F)F)cc1. The summed E-state index contributed by atoms with van der Waals surface area (Å²) in [6, 6.07) is 3.13. The van der Waals surface area contributed by atoms with E-state index >= 15 is 0 Å². The van der Waals surface area contributed by atoms with Gasteiger partial charge in [-0.2, -0.15) is 26.3 Å². The average molecular weight is 317 g/mol. The van der Waals surface area contributed by atoms with Crippen LogP contribution < -0.4 is 4.90 Å². The Morgan fingerprint density at radius 1 is 0.952 bits per heavy atom. The predicted octanol–water partition coefficient (Wildman–Crippen LogP) is 2.43. The lowest BCUT2D eigenvalue weighted by molar-refractivity contribution is -0.376. The van der Waals surface area contributed by atoms with Gasteiger partial charge in [0.05, 0.1) is 6.61 Å². The lowest BCUT2D eigenvalue weighted by Crippen LogP contribution is -2.53. The van der Waals surface area contributed by atoms with Crippen molar-refractivity contribution in [3.8, 4) is 0 Å². The lowest BCUT2D eigenvalue weighted by Gasteiger charge is -2.33. The van der Waals surface area contributed by atoms with Gasteiger partial charge < -0.3 is 15.1 Å². The molecule has 120 valence electrons. The smallest absolute Gasteiger partial charge is 0.395 e. The van der Waals surface area contributed by atoms with Crippen molar-refractivity contribution in [3.63, 3.8) is 0 Å². The molecule has 0 radical (unpaired) electrons. The fourth-order valence-electron chi connectivity index (χ4n) is 1.72. The monoisotopic (exact) mass is 317 g/mol. The van der Waals surface area contributed by atoms with Crippen molar-refractivity contribution < 1.29 is 36.6 Å². The first-order valence-electron chi connectivity index (χ1n) is 5.73. The highest BCUT2D eigenvalue weighted by molar-refractivity contribution is 5.48. The second-order valence-electron chi connectivity index (χ2n) is 4.40. The number of alkyl halides is 6. The van der Waals surface area contributed by atoms with Crippen LogP contribution in [0.3, 0.4) is 0 Å². The van der Waals surface area contributed by atoms with Crippen LogP contribution in [-0.4, -0.2) is 42.8 Å². The molecule has 0 aliphatic carbocycles. The van der Waals surface area contributed by atoms with Crippen molar-refractivity contribution in [2.24, 2.45) is 0 Å². The Morgan fingerprint density at radius 3 is 1.71 bits per heavy atom. The minimum atomic E-state index is -5.90. The molecule has 0 saturated carbocycles. The third-order valence-electron chi connectivity index (χ3n) is 2.98. The van der Waals surface area contributed by atoms with Gasteiger partial charge in [-0.25, -0.2) is 0 Å². The summed E-state index contributed by atoms with van der Waals surface area (Å²) in [4.78, 5) is 1.43. The molecule has 0 aromatic heterocycles. The maximum absolute atomic E-state index is 12.7. The second-order valence-corrected chi connectivity index (χ2v) is 4.40. The number of rotatable bonds is 4. The summed E-state index contributed by atoms with van der Waals surface area (Å²) in [6.07, 6.45) is -11.8. The van der Waals surface area contributed by atoms with E-state index in [0.29, 0.717) is 17.8 Å². The third kappa shape index (κ3) is 3.24. The molecule has 0 aliphatic heterocycles. The number of benzene rings is 1. The summed E-state index contributed by atoms with van der Waals surface area (Å²) < 4.78 is 75.9. The Balaban J connectivity index is 3.24. The minimum absolute atomic E-state index is 0.155. The molecular weight excluding hydrogens is 304 g/mol. The summed E-state index contributed by atoms with van der Waals surface area (Å²) in [7, 11) is 1.50. The van der Waals surface area contributed by atoms with E-state index in [2.05, 4.69) is 0 Å². The molecular formula is C12H13F6NO2. The highest BCUT2D eigenvalue weighted by atomic mass is 19.4. The molecule has 0 saturated heterocycles. The largest absolute Gasteiger partial charge is 0.430 e. The molecule has 0 amide bonds. The fourth-order valence-corrected chi connectivity index (χ4v) is 1.72. The Hall–Kier alpha value is -1.48. The average Bonchev–Trinajstić information content (AvgIpc) is 2.35. The number of halogens is 6. The summed E-state index contributed by atoms with van der Waals surface area (Å²) in [5.74, 6) is 0. The highest BCUT2D eigenvalue weighted by Gasteiger charge is 2.71. The molecule has 0 atom stereocenters. The van der Waals surface area contributed by atoms with E-state index in [0.717, 1.165) is 12.1 Å². The van der Waals surface area contributed by atoms with Crippen LogP contribution in [-0.2, 0) is 5.60 Å². The first kappa shape index (κ1) is 17.6. The third-order valence-corrected chi connectivity index (χ3v) is 2.98. The van der Waals surface area contributed by atoms with E-state index in [-0.39, 0.29) is 13.2 Å². The topological polar surface area (TPSA) is 43.7 Å². The summed E-state index contributed by atoms with van der Waals surface area (Å²) in [6.45, 7) is -0.0740. The van der Waals surface area contributed by atoms with Crippen LogP contribution in [0.15, 0.2) is 24.3 Å². The van der Waals surface area contributed by atoms with Crippen LogP contribution in [0.1, 0.15) is 5.56 Å². The predicted molar refractivity (Wildman–Crippen MR) is 62.8 cm³/mol. The number of hydrogen-bond donors (Lipinski definition) is 2. The first-order valence-corrected chi connectivity index (χ1v) is 5.73. The van der Waals surface area contributed by atoms with Gasteiger partial charge >= 0.3 is 12.4 Å². The molecule has 0 spiro atoms. The Kier molecular flexibility index (Phi) is 4.79. The molecule has 21 heavy (non-hydrogen) atoms. The summed E-state index contributed by atoms with van der Waals surface area (Å²) >= 11 is 0. The number of aliphatic hydroxyl groups excluding tert-OH is 1. The zero-order valence-corrected chi connectivity index (χ0v) is 10.8. The van der Waals surface area contributed by atoms with E-state index in [4.69, 9.17) is 5.11 Å². The summed E-state index contributed by atoms with van der Waals surface area (Å²) in [5.41, 5.74) is -5.93. The van der Waals surface area contributed by atoms with Crippen molar-refractivity contribution in [3.05, 3.63) is 29.8 Å². The Bertz CT molecular complexity index is 454. The second kappa shape index (κ2) is 5.72. The fraction of sp³-hybridized carbons (Fsp3) is 0.500. The Labute approximate surface area is 116 Å². The lowest BCUT2D eigenvalue weighted by atomic mass is 9.92. The molecule has 0 heterocycles. The molecule has 3 nitrogen and oxygen atoms in total. The van der Waals surface area contributed by atoms with Gasteiger partial charge in [-0.1, -0.05) is 12.1 Å². The van der Waals surface area contributed by atoms with Crippen LogP contribution in [0.5, 0.6) is 0 Å². The molecule has 0 bridgehead atoms.